The Morgan fingerprint density at radius 2 is 1.66 bits per heavy atom. The summed E-state index contributed by atoms with van der Waals surface area (Å²) in [4.78, 5) is 16.8. The van der Waals surface area contributed by atoms with Gasteiger partial charge in [-0.15, -0.1) is 5.10 Å². The van der Waals surface area contributed by atoms with Crippen molar-refractivity contribution >= 4 is 5.91 Å². The Morgan fingerprint density at radius 1 is 1.00 bits per heavy atom. The normalized spacial score (nSPS) is 10.8. The molecule has 2 aromatic carbocycles. The fraction of sp³-hybridized carbons (Fsp3) is 0.250. The molecule has 0 fully saturated rings. The van der Waals surface area contributed by atoms with Crippen molar-refractivity contribution in [1.82, 2.24) is 20.1 Å². The SMILES string of the molecule is O=C(Cn1nc(-c2ccccc2O)nc1-c1ccccc1O)NCCOCCO. The van der Waals surface area contributed by atoms with E-state index in [-0.39, 0.29) is 56.1 Å². The monoisotopic (exact) mass is 398 g/mol. The van der Waals surface area contributed by atoms with Gasteiger partial charge in [0.15, 0.2) is 11.6 Å². The Kier molecular flexibility index (Phi) is 6.77. The number of aromatic nitrogens is 3. The average molecular weight is 398 g/mol. The van der Waals surface area contributed by atoms with Gasteiger partial charge in [-0.05, 0) is 24.3 Å². The van der Waals surface area contributed by atoms with Crippen LogP contribution in [0.5, 0.6) is 11.5 Å². The molecule has 9 heteroatoms. The number of rotatable bonds is 9. The molecule has 3 rings (SSSR count). The van der Waals surface area contributed by atoms with E-state index in [1.165, 1.54) is 16.8 Å². The number of carbonyl (C=O) groups is 1. The van der Waals surface area contributed by atoms with Crippen molar-refractivity contribution in [2.75, 3.05) is 26.4 Å². The molecule has 1 aromatic heterocycles. The van der Waals surface area contributed by atoms with Crippen LogP contribution < -0.4 is 5.32 Å². The zero-order valence-corrected chi connectivity index (χ0v) is 15.7. The summed E-state index contributed by atoms with van der Waals surface area (Å²) in [5.74, 6) is 0.234. The highest BCUT2D eigenvalue weighted by molar-refractivity contribution is 5.77. The predicted molar refractivity (Wildman–Crippen MR) is 105 cm³/mol. The lowest BCUT2D eigenvalue weighted by atomic mass is 10.2. The van der Waals surface area contributed by atoms with Crippen molar-refractivity contribution < 1.29 is 24.9 Å². The van der Waals surface area contributed by atoms with Crippen LogP contribution >= 0.6 is 0 Å². The molecule has 0 aliphatic rings. The average Bonchev–Trinajstić information content (AvgIpc) is 3.11. The number of aliphatic hydroxyl groups excluding tert-OH is 1. The number of hydrogen-bond acceptors (Lipinski definition) is 7. The molecule has 0 saturated heterocycles. The smallest absolute Gasteiger partial charge is 0.241 e. The van der Waals surface area contributed by atoms with Crippen LogP contribution in [0.2, 0.25) is 0 Å². The molecular formula is C20H22N4O5. The van der Waals surface area contributed by atoms with Gasteiger partial charge in [0.25, 0.3) is 0 Å². The topological polar surface area (TPSA) is 130 Å². The first-order chi connectivity index (χ1) is 14.1. The van der Waals surface area contributed by atoms with Crippen LogP contribution in [0, 0.1) is 0 Å². The molecule has 4 N–H and O–H groups in total. The number of hydrogen-bond donors (Lipinski definition) is 4. The van der Waals surface area contributed by atoms with Gasteiger partial charge >= 0.3 is 0 Å². The molecule has 0 aliphatic heterocycles. The van der Waals surface area contributed by atoms with Crippen molar-refractivity contribution in [3.05, 3.63) is 48.5 Å². The molecule has 0 atom stereocenters. The van der Waals surface area contributed by atoms with Crippen LogP contribution in [0.3, 0.4) is 0 Å². The summed E-state index contributed by atoms with van der Waals surface area (Å²) < 4.78 is 6.48. The summed E-state index contributed by atoms with van der Waals surface area (Å²) >= 11 is 0. The van der Waals surface area contributed by atoms with E-state index in [4.69, 9.17) is 9.84 Å². The van der Waals surface area contributed by atoms with Gasteiger partial charge in [0.2, 0.25) is 5.91 Å². The van der Waals surface area contributed by atoms with Gasteiger partial charge < -0.3 is 25.4 Å². The van der Waals surface area contributed by atoms with E-state index < -0.39 is 0 Å². The minimum absolute atomic E-state index is 0.00259. The number of para-hydroxylation sites is 2. The zero-order valence-electron chi connectivity index (χ0n) is 15.7. The number of carbonyl (C=O) groups excluding carboxylic acids is 1. The van der Waals surface area contributed by atoms with E-state index in [2.05, 4.69) is 15.4 Å². The minimum Gasteiger partial charge on any atom is -0.507 e. The highest BCUT2D eigenvalue weighted by atomic mass is 16.5. The fourth-order valence-electron chi connectivity index (χ4n) is 2.71. The second-order valence-corrected chi connectivity index (χ2v) is 6.14. The molecule has 0 unspecified atom stereocenters. The van der Waals surface area contributed by atoms with Crippen LogP contribution in [0.4, 0.5) is 0 Å². The maximum atomic E-state index is 12.3. The van der Waals surface area contributed by atoms with E-state index in [0.29, 0.717) is 17.0 Å². The van der Waals surface area contributed by atoms with Crippen LogP contribution in [0.15, 0.2) is 48.5 Å². The maximum absolute atomic E-state index is 12.3. The van der Waals surface area contributed by atoms with Crippen molar-refractivity contribution in [3.8, 4) is 34.3 Å². The van der Waals surface area contributed by atoms with Crippen LogP contribution in [0.1, 0.15) is 0 Å². The lowest BCUT2D eigenvalue weighted by Crippen LogP contribution is -2.31. The standard InChI is InChI=1S/C20H22N4O5/c25-10-12-29-11-9-21-18(28)13-24-20(15-6-2-4-8-17(15)27)22-19(23-24)14-5-1-3-7-16(14)26/h1-8,25-27H,9-13H2,(H,21,28). The highest BCUT2D eigenvalue weighted by Gasteiger charge is 2.19. The molecule has 29 heavy (non-hydrogen) atoms. The van der Waals surface area contributed by atoms with Gasteiger partial charge in [0.1, 0.15) is 18.0 Å². The molecule has 1 amide bonds. The number of amides is 1. The number of aliphatic hydroxyl groups is 1. The Labute approximate surface area is 167 Å². The number of phenolic OH excluding ortho intramolecular Hbond substituents is 2. The maximum Gasteiger partial charge on any atom is 0.241 e. The van der Waals surface area contributed by atoms with Gasteiger partial charge in [0, 0.05) is 6.54 Å². The predicted octanol–water partition coefficient (Wildman–Crippen LogP) is 1.15. The molecule has 0 aliphatic carbocycles. The first-order valence-electron chi connectivity index (χ1n) is 9.07. The third-order valence-electron chi connectivity index (χ3n) is 4.06. The second-order valence-electron chi connectivity index (χ2n) is 6.14. The summed E-state index contributed by atoms with van der Waals surface area (Å²) in [5.41, 5.74) is 0.835. The molecule has 3 aromatic rings. The van der Waals surface area contributed by atoms with Crippen molar-refractivity contribution in [2.24, 2.45) is 0 Å². The van der Waals surface area contributed by atoms with Crippen molar-refractivity contribution in [3.63, 3.8) is 0 Å². The summed E-state index contributed by atoms with van der Waals surface area (Å²) in [6.45, 7) is 0.557. The summed E-state index contributed by atoms with van der Waals surface area (Å²) in [7, 11) is 0. The van der Waals surface area contributed by atoms with Gasteiger partial charge in [-0.2, -0.15) is 0 Å². The molecule has 9 nitrogen and oxygen atoms in total. The largest absolute Gasteiger partial charge is 0.507 e. The molecule has 0 spiro atoms. The van der Waals surface area contributed by atoms with Crippen LogP contribution in [-0.4, -0.2) is 62.4 Å². The zero-order chi connectivity index (χ0) is 20.6. The third-order valence-corrected chi connectivity index (χ3v) is 4.06. The van der Waals surface area contributed by atoms with Crippen LogP contribution in [0.25, 0.3) is 22.8 Å². The number of aromatic hydroxyl groups is 2. The molecule has 152 valence electrons. The summed E-state index contributed by atoms with van der Waals surface area (Å²) in [6, 6.07) is 13.2. The summed E-state index contributed by atoms with van der Waals surface area (Å²) in [5, 5.41) is 36.1. The fourth-order valence-corrected chi connectivity index (χ4v) is 2.71. The number of nitrogens with zero attached hydrogens (tertiary/aromatic N) is 3. The number of phenols is 2. The van der Waals surface area contributed by atoms with E-state index in [9.17, 15) is 15.0 Å². The van der Waals surface area contributed by atoms with E-state index >= 15 is 0 Å². The van der Waals surface area contributed by atoms with E-state index in [0.717, 1.165) is 0 Å². The lowest BCUT2D eigenvalue weighted by molar-refractivity contribution is -0.122. The van der Waals surface area contributed by atoms with E-state index in [1.54, 1.807) is 36.4 Å². The quantitative estimate of drug-likeness (QED) is 0.398. The van der Waals surface area contributed by atoms with E-state index in [1.807, 2.05) is 0 Å². The van der Waals surface area contributed by atoms with Gasteiger partial charge in [-0.25, -0.2) is 9.67 Å². The third kappa shape index (κ3) is 5.09. The highest BCUT2D eigenvalue weighted by Crippen LogP contribution is 2.31. The number of ether oxygens (including phenoxy) is 1. The van der Waals surface area contributed by atoms with Gasteiger partial charge in [-0.3, -0.25) is 4.79 Å². The second kappa shape index (κ2) is 9.67. The Bertz CT molecular complexity index is 973. The van der Waals surface area contributed by atoms with Crippen molar-refractivity contribution in [2.45, 2.75) is 6.54 Å². The number of benzene rings is 2. The Morgan fingerprint density at radius 3 is 2.31 bits per heavy atom. The minimum atomic E-state index is -0.317. The Balaban J connectivity index is 1.86. The van der Waals surface area contributed by atoms with Gasteiger partial charge in [0.05, 0.1) is 30.9 Å². The first kappa shape index (κ1) is 20.3. The number of nitrogens with one attached hydrogen (secondary N) is 1. The first-order valence-corrected chi connectivity index (χ1v) is 9.07. The van der Waals surface area contributed by atoms with Crippen LogP contribution in [-0.2, 0) is 16.1 Å². The molecule has 0 radical (unpaired) electrons. The molecule has 0 bridgehead atoms. The summed E-state index contributed by atoms with van der Waals surface area (Å²) in [6.07, 6.45) is 0. The molecule has 1 heterocycles. The molecule has 0 saturated carbocycles. The lowest BCUT2D eigenvalue weighted by Gasteiger charge is -2.08. The van der Waals surface area contributed by atoms with Gasteiger partial charge in [-0.1, -0.05) is 24.3 Å². The Hall–Kier alpha value is -3.43. The molecular weight excluding hydrogens is 376 g/mol. The van der Waals surface area contributed by atoms with Crippen molar-refractivity contribution in [1.29, 1.82) is 0 Å².